The van der Waals surface area contributed by atoms with Gasteiger partial charge in [-0.15, -0.1) is 24.8 Å². The van der Waals surface area contributed by atoms with Gasteiger partial charge in [0, 0.05) is 18.0 Å². The van der Waals surface area contributed by atoms with Gasteiger partial charge in [0.05, 0.1) is 5.69 Å². The maximum absolute atomic E-state index is 10.6. The van der Waals surface area contributed by atoms with Gasteiger partial charge < -0.3 is 5.11 Å². The van der Waals surface area contributed by atoms with Crippen LogP contribution in [0.25, 0.3) is 11.3 Å². The Balaban J connectivity index is 0.00000128. The molecule has 0 aromatic carbocycles. The fourth-order valence-corrected chi connectivity index (χ4v) is 1.21. The van der Waals surface area contributed by atoms with Crippen LogP contribution in [0.3, 0.4) is 0 Å². The van der Waals surface area contributed by atoms with Crippen LogP contribution in [0.4, 0.5) is 0 Å². The molecular weight excluding hydrogens is 263 g/mol. The van der Waals surface area contributed by atoms with Crippen LogP contribution in [-0.4, -0.2) is 21.0 Å². The van der Waals surface area contributed by atoms with E-state index in [4.69, 9.17) is 5.11 Å². The molecule has 2 rings (SSSR count). The van der Waals surface area contributed by atoms with Gasteiger partial charge in [-0.25, -0.2) is 9.78 Å². The van der Waals surface area contributed by atoms with Crippen LogP contribution in [0, 0.1) is 0 Å². The van der Waals surface area contributed by atoms with Crippen LogP contribution in [0.1, 0.15) is 10.5 Å². The van der Waals surface area contributed by atoms with E-state index in [-0.39, 0.29) is 30.5 Å². The molecule has 0 bridgehead atoms. The van der Waals surface area contributed by atoms with Crippen molar-refractivity contribution >= 4 is 30.8 Å². The molecule has 0 saturated heterocycles. The normalized spacial score (nSPS) is 8.71. The smallest absolute Gasteiger partial charge is 0.354 e. The maximum atomic E-state index is 10.6. The van der Waals surface area contributed by atoms with E-state index in [0.717, 1.165) is 11.3 Å². The van der Waals surface area contributed by atoms with E-state index in [0.29, 0.717) is 0 Å². The third kappa shape index (κ3) is 3.69. The van der Waals surface area contributed by atoms with Gasteiger partial charge in [-0.1, -0.05) is 6.07 Å². The van der Waals surface area contributed by atoms with Crippen molar-refractivity contribution in [2.24, 2.45) is 0 Å². The lowest BCUT2D eigenvalue weighted by Gasteiger charge is -1.99. The minimum Gasteiger partial charge on any atom is -0.477 e. The molecule has 0 aliphatic carbocycles. The summed E-state index contributed by atoms with van der Waals surface area (Å²) in [5.41, 5.74) is 1.62. The van der Waals surface area contributed by atoms with Gasteiger partial charge >= 0.3 is 5.97 Å². The van der Waals surface area contributed by atoms with E-state index in [1.807, 2.05) is 18.2 Å². The summed E-state index contributed by atoms with van der Waals surface area (Å²) in [6.07, 6.45) is 3.19. The highest BCUT2D eigenvalue weighted by Gasteiger charge is 2.04. The summed E-state index contributed by atoms with van der Waals surface area (Å²) in [7, 11) is 0. The van der Waals surface area contributed by atoms with Crippen LogP contribution in [0.15, 0.2) is 42.7 Å². The Kier molecular flexibility index (Phi) is 6.17. The zero-order valence-electron chi connectivity index (χ0n) is 8.61. The second-order valence-electron chi connectivity index (χ2n) is 2.95. The zero-order valence-corrected chi connectivity index (χ0v) is 10.2. The molecule has 0 saturated carbocycles. The van der Waals surface area contributed by atoms with Crippen LogP contribution in [-0.2, 0) is 0 Å². The summed E-state index contributed by atoms with van der Waals surface area (Å²) < 4.78 is 0. The lowest BCUT2D eigenvalue weighted by Crippen LogP contribution is -1.99. The molecule has 0 unspecified atom stereocenters. The topological polar surface area (TPSA) is 63.1 Å². The number of hydrogen-bond acceptors (Lipinski definition) is 3. The van der Waals surface area contributed by atoms with Crippen molar-refractivity contribution in [3.8, 4) is 11.3 Å². The van der Waals surface area contributed by atoms with E-state index in [9.17, 15) is 4.79 Å². The van der Waals surface area contributed by atoms with E-state index >= 15 is 0 Å². The fraction of sp³-hybridized carbons (Fsp3) is 0. The number of pyridine rings is 2. The van der Waals surface area contributed by atoms with E-state index in [2.05, 4.69) is 9.97 Å². The third-order valence-electron chi connectivity index (χ3n) is 1.94. The van der Waals surface area contributed by atoms with Crippen molar-refractivity contribution in [1.82, 2.24) is 9.97 Å². The molecule has 4 nitrogen and oxygen atoms in total. The first-order valence-electron chi connectivity index (χ1n) is 4.38. The van der Waals surface area contributed by atoms with Crippen molar-refractivity contribution in [2.75, 3.05) is 0 Å². The molecule has 17 heavy (non-hydrogen) atoms. The van der Waals surface area contributed by atoms with Gasteiger partial charge in [-0.3, -0.25) is 4.98 Å². The SMILES string of the molecule is Cl.Cl.O=C(O)c1ccc(-c2ccccn2)cn1. The summed E-state index contributed by atoms with van der Waals surface area (Å²) in [5.74, 6) is -1.03. The fourth-order valence-electron chi connectivity index (χ4n) is 1.21. The molecule has 0 aliphatic rings. The van der Waals surface area contributed by atoms with Crippen molar-refractivity contribution in [3.05, 3.63) is 48.4 Å². The van der Waals surface area contributed by atoms with Crippen molar-refractivity contribution < 1.29 is 9.90 Å². The minimum atomic E-state index is -1.03. The van der Waals surface area contributed by atoms with Crippen molar-refractivity contribution in [2.45, 2.75) is 0 Å². The average Bonchev–Trinajstić information content (AvgIpc) is 2.30. The van der Waals surface area contributed by atoms with Crippen LogP contribution < -0.4 is 0 Å². The molecule has 2 aromatic rings. The molecule has 2 heterocycles. The van der Waals surface area contributed by atoms with E-state index in [1.165, 1.54) is 12.3 Å². The number of rotatable bonds is 2. The van der Waals surface area contributed by atoms with Crippen molar-refractivity contribution in [1.29, 1.82) is 0 Å². The number of carboxylic acids is 1. The highest BCUT2D eigenvalue weighted by Crippen LogP contribution is 2.14. The number of carboxylic acid groups (broad SMARTS) is 1. The summed E-state index contributed by atoms with van der Waals surface area (Å²) >= 11 is 0. The number of aromatic nitrogens is 2. The molecular formula is C11H10Cl2N2O2. The van der Waals surface area contributed by atoms with Gasteiger partial charge in [0.1, 0.15) is 5.69 Å². The van der Waals surface area contributed by atoms with Gasteiger partial charge in [0.25, 0.3) is 0 Å². The largest absolute Gasteiger partial charge is 0.477 e. The second-order valence-corrected chi connectivity index (χ2v) is 2.95. The van der Waals surface area contributed by atoms with Gasteiger partial charge in [0.15, 0.2) is 0 Å². The number of halogens is 2. The molecule has 2 aromatic heterocycles. The lowest BCUT2D eigenvalue weighted by atomic mass is 10.2. The number of nitrogens with zero attached hydrogens (tertiary/aromatic N) is 2. The first-order chi connectivity index (χ1) is 7.27. The number of hydrogen-bond donors (Lipinski definition) is 1. The highest BCUT2D eigenvalue weighted by molar-refractivity contribution is 5.86. The molecule has 6 heteroatoms. The Bertz CT molecular complexity index is 475. The highest BCUT2D eigenvalue weighted by atomic mass is 35.5. The Hall–Kier alpha value is -1.65. The zero-order chi connectivity index (χ0) is 10.7. The van der Waals surface area contributed by atoms with Gasteiger partial charge in [0.2, 0.25) is 0 Å². The first-order valence-corrected chi connectivity index (χ1v) is 4.38. The standard InChI is InChI=1S/C11H8N2O2.2ClH/c14-11(15)10-5-4-8(7-13-10)9-3-1-2-6-12-9;;/h1-7H,(H,14,15);2*1H. The number of carbonyl (C=O) groups is 1. The summed E-state index contributed by atoms with van der Waals surface area (Å²) in [4.78, 5) is 18.5. The van der Waals surface area contributed by atoms with E-state index in [1.54, 1.807) is 12.3 Å². The Morgan fingerprint density at radius 2 is 1.82 bits per heavy atom. The predicted molar refractivity (Wildman–Crippen MR) is 68.9 cm³/mol. The molecule has 90 valence electrons. The molecule has 0 radical (unpaired) electrons. The summed E-state index contributed by atoms with van der Waals surface area (Å²) in [5, 5.41) is 8.67. The van der Waals surface area contributed by atoms with Crippen LogP contribution in [0.2, 0.25) is 0 Å². The first kappa shape index (κ1) is 15.3. The minimum absolute atomic E-state index is 0. The van der Waals surface area contributed by atoms with Gasteiger partial charge in [-0.05, 0) is 24.3 Å². The Morgan fingerprint density at radius 3 is 2.29 bits per heavy atom. The molecule has 1 N–H and O–H groups in total. The van der Waals surface area contributed by atoms with Crippen LogP contribution in [0.5, 0.6) is 0 Å². The summed E-state index contributed by atoms with van der Waals surface area (Å²) in [6, 6.07) is 8.69. The molecule has 0 aliphatic heterocycles. The summed E-state index contributed by atoms with van der Waals surface area (Å²) in [6.45, 7) is 0. The van der Waals surface area contributed by atoms with Crippen LogP contribution >= 0.6 is 24.8 Å². The van der Waals surface area contributed by atoms with E-state index < -0.39 is 5.97 Å². The molecule has 0 amide bonds. The molecule has 0 spiro atoms. The van der Waals surface area contributed by atoms with Crippen molar-refractivity contribution in [3.63, 3.8) is 0 Å². The lowest BCUT2D eigenvalue weighted by molar-refractivity contribution is 0.0690. The number of aromatic carboxylic acids is 1. The maximum Gasteiger partial charge on any atom is 0.354 e. The molecule has 0 atom stereocenters. The Morgan fingerprint density at radius 1 is 1.06 bits per heavy atom. The Labute approximate surface area is 111 Å². The van der Waals surface area contributed by atoms with Gasteiger partial charge in [-0.2, -0.15) is 0 Å². The molecule has 0 fully saturated rings. The second kappa shape index (κ2) is 6.83. The predicted octanol–water partition coefficient (Wildman–Crippen LogP) is 2.69. The third-order valence-corrected chi connectivity index (χ3v) is 1.94. The quantitative estimate of drug-likeness (QED) is 0.913. The monoisotopic (exact) mass is 272 g/mol. The average molecular weight is 273 g/mol.